The van der Waals surface area contributed by atoms with Crippen LogP contribution in [0.5, 0.6) is 0 Å². The summed E-state index contributed by atoms with van der Waals surface area (Å²) in [5, 5.41) is 15.5. The quantitative estimate of drug-likeness (QED) is 0.545. The van der Waals surface area contributed by atoms with Gasteiger partial charge in [0.25, 0.3) is 0 Å². The van der Waals surface area contributed by atoms with Crippen LogP contribution < -0.4 is 21.3 Å². The molecule has 9 nitrogen and oxygen atoms in total. The number of benzene rings is 1. The summed E-state index contributed by atoms with van der Waals surface area (Å²) in [6.45, 7) is 6.49. The highest BCUT2D eigenvalue weighted by Crippen LogP contribution is 2.20. The Balaban J connectivity index is 1.77. The van der Waals surface area contributed by atoms with Gasteiger partial charge in [0, 0.05) is 26.7 Å². The molecule has 2 rings (SSSR count). The largest absolute Gasteiger partial charge is 0.444 e. The van der Waals surface area contributed by atoms with Gasteiger partial charge in [-0.1, -0.05) is 30.3 Å². The van der Waals surface area contributed by atoms with E-state index < -0.39 is 11.7 Å². The number of aromatic nitrogens is 2. The van der Waals surface area contributed by atoms with E-state index in [4.69, 9.17) is 4.74 Å². The van der Waals surface area contributed by atoms with Crippen molar-refractivity contribution in [1.82, 2.24) is 20.4 Å². The molecule has 1 aromatic heterocycles. The first-order valence-electron chi connectivity index (χ1n) is 9.06. The molecule has 4 N–H and O–H groups in total. The van der Waals surface area contributed by atoms with Crippen molar-refractivity contribution in [1.29, 1.82) is 0 Å². The van der Waals surface area contributed by atoms with Gasteiger partial charge in [-0.15, -0.1) is 0 Å². The molecule has 0 fully saturated rings. The van der Waals surface area contributed by atoms with Gasteiger partial charge in [-0.25, -0.2) is 9.59 Å². The molecule has 2 aromatic rings. The van der Waals surface area contributed by atoms with E-state index in [0.29, 0.717) is 18.1 Å². The second-order valence-corrected chi connectivity index (χ2v) is 7.18. The van der Waals surface area contributed by atoms with Crippen LogP contribution in [0, 0.1) is 0 Å². The molecule has 0 radical (unpaired) electrons. The van der Waals surface area contributed by atoms with Crippen molar-refractivity contribution in [2.24, 2.45) is 7.05 Å². The lowest BCUT2D eigenvalue weighted by atomic mass is 10.2. The minimum absolute atomic E-state index is 0.258. The second-order valence-electron chi connectivity index (χ2n) is 7.18. The normalized spacial score (nSPS) is 10.9. The number of anilines is 2. The fourth-order valence-electron chi connectivity index (χ4n) is 2.34. The van der Waals surface area contributed by atoms with Crippen molar-refractivity contribution in [3.8, 4) is 0 Å². The number of nitrogens with zero attached hydrogens (tertiary/aromatic N) is 2. The maximum Gasteiger partial charge on any atom is 0.407 e. The highest BCUT2D eigenvalue weighted by molar-refractivity contribution is 5.92. The van der Waals surface area contributed by atoms with Crippen molar-refractivity contribution >= 4 is 23.6 Å². The van der Waals surface area contributed by atoms with Crippen molar-refractivity contribution < 1.29 is 14.3 Å². The number of ether oxygens (including phenoxy) is 1. The topological polar surface area (TPSA) is 109 Å². The summed E-state index contributed by atoms with van der Waals surface area (Å²) in [5.41, 5.74) is 1.13. The first kappa shape index (κ1) is 21.1. The average Bonchev–Trinajstić information content (AvgIpc) is 2.96. The van der Waals surface area contributed by atoms with Gasteiger partial charge < -0.3 is 26.0 Å². The minimum Gasteiger partial charge on any atom is -0.444 e. The lowest BCUT2D eigenvalue weighted by molar-refractivity contribution is 0.0528. The van der Waals surface area contributed by atoms with Crippen LogP contribution in [0.1, 0.15) is 26.3 Å². The molecule has 0 aliphatic rings. The monoisotopic (exact) mass is 388 g/mol. The van der Waals surface area contributed by atoms with Gasteiger partial charge in [-0.3, -0.25) is 4.68 Å². The van der Waals surface area contributed by atoms with Gasteiger partial charge in [0.05, 0.1) is 6.20 Å². The zero-order valence-electron chi connectivity index (χ0n) is 16.7. The first-order chi connectivity index (χ1) is 13.2. The second kappa shape index (κ2) is 9.63. The number of aryl methyl sites for hydroxylation is 1. The standard InChI is InChI=1S/C19H28N6O3/c1-19(2,3)28-18(27)21-11-10-20-17(26)24-15-13-23-25(4)16(15)22-12-14-8-6-5-7-9-14/h5-9,13,22H,10-12H2,1-4H3,(H,21,27)(H2,20,24,26). The lowest BCUT2D eigenvalue weighted by Crippen LogP contribution is -2.39. The highest BCUT2D eigenvalue weighted by atomic mass is 16.6. The van der Waals surface area contributed by atoms with E-state index in [1.54, 1.807) is 38.7 Å². The molecule has 1 aromatic carbocycles. The van der Waals surface area contributed by atoms with Crippen LogP contribution in [0.3, 0.4) is 0 Å². The van der Waals surface area contributed by atoms with Gasteiger partial charge >= 0.3 is 12.1 Å². The van der Waals surface area contributed by atoms with Crippen LogP contribution in [0.2, 0.25) is 0 Å². The van der Waals surface area contributed by atoms with Crippen molar-refractivity contribution in [2.45, 2.75) is 32.9 Å². The number of rotatable bonds is 7. The summed E-state index contributed by atoms with van der Waals surface area (Å²) in [6.07, 6.45) is 1.06. The van der Waals surface area contributed by atoms with Crippen LogP contribution >= 0.6 is 0 Å². The lowest BCUT2D eigenvalue weighted by Gasteiger charge is -2.19. The number of nitrogens with one attached hydrogen (secondary N) is 4. The number of hydrogen-bond donors (Lipinski definition) is 4. The molecule has 0 saturated heterocycles. The van der Waals surface area contributed by atoms with E-state index in [1.165, 1.54) is 0 Å². The van der Waals surface area contributed by atoms with E-state index in [2.05, 4.69) is 26.4 Å². The fourth-order valence-corrected chi connectivity index (χ4v) is 2.34. The summed E-state index contributed by atoms with van der Waals surface area (Å²) in [6, 6.07) is 9.54. The molecule has 1 heterocycles. The van der Waals surface area contributed by atoms with Crippen molar-refractivity contribution in [3.63, 3.8) is 0 Å². The average molecular weight is 388 g/mol. The van der Waals surface area contributed by atoms with Gasteiger partial charge in [-0.05, 0) is 26.3 Å². The molecule has 152 valence electrons. The predicted octanol–water partition coefficient (Wildman–Crippen LogP) is 2.68. The maximum absolute atomic E-state index is 12.1. The summed E-state index contributed by atoms with van der Waals surface area (Å²) >= 11 is 0. The van der Waals surface area contributed by atoms with Crippen LogP contribution in [0.15, 0.2) is 36.5 Å². The Morgan fingerprint density at radius 3 is 2.46 bits per heavy atom. The molecular weight excluding hydrogens is 360 g/mol. The molecule has 0 saturated carbocycles. The SMILES string of the molecule is Cn1ncc(NC(=O)NCCNC(=O)OC(C)(C)C)c1NCc1ccccc1. The third kappa shape index (κ3) is 7.18. The molecule has 3 amide bonds. The smallest absolute Gasteiger partial charge is 0.407 e. The van der Waals surface area contributed by atoms with Crippen LogP contribution in [-0.2, 0) is 18.3 Å². The van der Waals surface area contributed by atoms with E-state index in [-0.39, 0.29) is 19.1 Å². The number of carbonyl (C=O) groups excluding carboxylic acids is 2. The summed E-state index contributed by atoms with van der Waals surface area (Å²) in [4.78, 5) is 23.6. The van der Waals surface area contributed by atoms with Crippen molar-refractivity contribution in [2.75, 3.05) is 23.7 Å². The molecule has 0 unspecified atom stereocenters. The van der Waals surface area contributed by atoms with Crippen molar-refractivity contribution in [3.05, 3.63) is 42.1 Å². The number of carbonyl (C=O) groups is 2. The van der Waals surface area contributed by atoms with Crippen LogP contribution in [0.25, 0.3) is 0 Å². The Labute approximate surface area is 164 Å². The zero-order chi connectivity index (χ0) is 20.6. The van der Waals surface area contributed by atoms with Gasteiger partial charge in [-0.2, -0.15) is 5.10 Å². The Hall–Kier alpha value is -3.23. The highest BCUT2D eigenvalue weighted by Gasteiger charge is 2.15. The Morgan fingerprint density at radius 1 is 1.11 bits per heavy atom. The van der Waals surface area contributed by atoms with E-state index in [1.807, 2.05) is 30.3 Å². The van der Waals surface area contributed by atoms with Gasteiger partial charge in [0.1, 0.15) is 17.1 Å². The molecule has 0 atom stereocenters. The Bertz CT molecular complexity index is 783. The molecule has 0 aliphatic carbocycles. The first-order valence-corrected chi connectivity index (χ1v) is 9.06. The predicted molar refractivity (Wildman–Crippen MR) is 108 cm³/mol. The third-order valence-electron chi connectivity index (χ3n) is 3.57. The van der Waals surface area contributed by atoms with Gasteiger partial charge in [0.15, 0.2) is 0 Å². The van der Waals surface area contributed by atoms with Crippen LogP contribution in [-0.4, -0.2) is 40.6 Å². The molecular formula is C19H28N6O3. The summed E-state index contributed by atoms with van der Waals surface area (Å²) in [7, 11) is 1.79. The molecule has 0 aliphatic heterocycles. The van der Waals surface area contributed by atoms with E-state index in [9.17, 15) is 9.59 Å². The van der Waals surface area contributed by atoms with Gasteiger partial charge in [0.2, 0.25) is 0 Å². The maximum atomic E-state index is 12.1. The fraction of sp³-hybridized carbons (Fsp3) is 0.421. The third-order valence-corrected chi connectivity index (χ3v) is 3.57. The molecule has 28 heavy (non-hydrogen) atoms. The minimum atomic E-state index is -0.557. The number of alkyl carbamates (subject to hydrolysis) is 1. The van der Waals surface area contributed by atoms with E-state index in [0.717, 1.165) is 5.56 Å². The van der Waals surface area contributed by atoms with E-state index >= 15 is 0 Å². The number of urea groups is 1. The molecule has 9 heteroatoms. The number of hydrogen-bond acceptors (Lipinski definition) is 5. The number of amides is 3. The molecule has 0 bridgehead atoms. The Morgan fingerprint density at radius 2 is 1.79 bits per heavy atom. The Kier molecular flexibility index (Phi) is 7.25. The summed E-state index contributed by atoms with van der Waals surface area (Å²) in [5.74, 6) is 0.700. The molecule has 0 spiro atoms. The zero-order valence-corrected chi connectivity index (χ0v) is 16.7. The summed E-state index contributed by atoms with van der Waals surface area (Å²) < 4.78 is 6.78. The van der Waals surface area contributed by atoms with Crippen LogP contribution in [0.4, 0.5) is 21.1 Å².